The van der Waals surface area contributed by atoms with Crippen molar-refractivity contribution in [2.75, 3.05) is 11.9 Å². The summed E-state index contributed by atoms with van der Waals surface area (Å²) < 4.78 is 24.7. The molecule has 1 atom stereocenters. The van der Waals surface area contributed by atoms with Gasteiger partial charge in [0, 0.05) is 17.3 Å². The molecule has 146 valence electrons. The predicted molar refractivity (Wildman–Crippen MR) is 107 cm³/mol. The summed E-state index contributed by atoms with van der Waals surface area (Å²) >= 11 is 0. The maximum absolute atomic E-state index is 13.1. The summed E-state index contributed by atoms with van der Waals surface area (Å²) in [6.45, 7) is 2.20. The standard InChI is InChI=1S/C23H19FN2O3/c1-2-28-21-14-16(15-25)8-13-20(21)29-22(17-6-4-3-5-7-17)23(27)26-19-11-9-18(24)10-12-19/h3-14,22H,2H2,1H3,(H,26,27). The first-order valence-electron chi connectivity index (χ1n) is 9.05. The summed E-state index contributed by atoms with van der Waals surface area (Å²) in [5.41, 5.74) is 1.51. The van der Waals surface area contributed by atoms with Crippen LogP contribution in [0.25, 0.3) is 0 Å². The molecule has 6 heteroatoms. The lowest BCUT2D eigenvalue weighted by atomic mass is 10.1. The van der Waals surface area contributed by atoms with Crippen molar-refractivity contribution >= 4 is 11.6 Å². The number of rotatable bonds is 7. The van der Waals surface area contributed by atoms with Crippen molar-refractivity contribution in [3.8, 4) is 17.6 Å². The van der Waals surface area contributed by atoms with E-state index in [-0.39, 0.29) is 0 Å². The van der Waals surface area contributed by atoms with Gasteiger partial charge in [-0.15, -0.1) is 0 Å². The molecule has 0 aliphatic carbocycles. The second kappa shape index (κ2) is 9.38. The van der Waals surface area contributed by atoms with Gasteiger partial charge in [-0.25, -0.2) is 4.39 Å². The van der Waals surface area contributed by atoms with Crippen LogP contribution >= 0.6 is 0 Å². The molecule has 29 heavy (non-hydrogen) atoms. The lowest BCUT2D eigenvalue weighted by Gasteiger charge is -2.21. The Hall–Kier alpha value is -3.85. The number of carbonyl (C=O) groups is 1. The van der Waals surface area contributed by atoms with Gasteiger partial charge in [0.1, 0.15) is 5.82 Å². The maximum atomic E-state index is 13.1. The molecule has 0 aliphatic rings. The minimum atomic E-state index is -0.978. The van der Waals surface area contributed by atoms with Crippen LogP contribution in [-0.2, 0) is 4.79 Å². The lowest BCUT2D eigenvalue weighted by Crippen LogP contribution is -2.26. The van der Waals surface area contributed by atoms with Crippen molar-refractivity contribution in [3.63, 3.8) is 0 Å². The van der Waals surface area contributed by atoms with Crippen LogP contribution < -0.4 is 14.8 Å². The van der Waals surface area contributed by atoms with Crippen LogP contribution in [-0.4, -0.2) is 12.5 Å². The largest absolute Gasteiger partial charge is 0.490 e. The summed E-state index contributed by atoms with van der Waals surface area (Å²) in [5.74, 6) is -0.0940. The average molecular weight is 390 g/mol. The Kier molecular flexibility index (Phi) is 6.43. The third-order valence-electron chi connectivity index (χ3n) is 4.07. The number of anilines is 1. The maximum Gasteiger partial charge on any atom is 0.270 e. The van der Waals surface area contributed by atoms with E-state index >= 15 is 0 Å². The van der Waals surface area contributed by atoms with E-state index in [1.807, 2.05) is 13.0 Å². The molecule has 5 nitrogen and oxygen atoms in total. The van der Waals surface area contributed by atoms with Crippen molar-refractivity contribution in [1.82, 2.24) is 0 Å². The fraction of sp³-hybridized carbons (Fsp3) is 0.130. The quantitative estimate of drug-likeness (QED) is 0.626. The lowest BCUT2D eigenvalue weighted by molar-refractivity contribution is -0.123. The Balaban J connectivity index is 1.91. The number of nitrogens with one attached hydrogen (secondary N) is 1. The minimum Gasteiger partial charge on any atom is -0.490 e. The Bertz CT molecular complexity index is 1010. The van der Waals surface area contributed by atoms with E-state index in [1.165, 1.54) is 24.3 Å². The van der Waals surface area contributed by atoms with Gasteiger partial charge in [-0.1, -0.05) is 30.3 Å². The van der Waals surface area contributed by atoms with Crippen molar-refractivity contribution in [3.05, 3.63) is 89.7 Å². The van der Waals surface area contributed by atoms with E-state index in [2.05, 4.69) is 11.4 Å². The van der Waals surface area contributed by atoms with Crippen molar-refractivity contribution in [2.24, 2.45) is 0 Å². The zero-order valence-electron chi connectivity index (χ0n) is 15.8. The number of benzene rings is 3. The van der Waals surface area contributed by atoms with E-state index in [4.69, 9.17) is 14.7 Å². The highest BCUT2D eigenvalue weighted by Gasteiger charge is 2.24. The van der Waals surface area contributed by atoms with Crippen LogP contribution in [0.15, 0.2) is 72.8 Å². The van der Waals surface area contributed by atoms with Gasteiger partial charge in [-0.05, 0) is 43.3 Å². The number of carbonyl (C=O) groups excluding carboxylic acids is 1. The van der Waals surface area contributed by atoms with Gasteiger partial charge in [0.2, 0.25) is 6.10 Å². The Morgan fingerprint density at radius 3 is 2.45 bits per heavy atom. The van der Waals surface area contributed by atoms with Gasteiger partial charge >= 0.3 is 0 Å². The third-order valence-corrected chi connectivity index (χ3v) is 4.07. The normalized spacial score (nSPS) is 11.2. The zero-order chi connectivity index (χ0) is 20.6. The number of nitriles is 1. The number of halogens is 1. The summed E-state index contributed by atoms with van der Waals surface area (Å²) in [6, 6.07) is 21.3. The number of nitrogens with zero attached hydrogens (tertiary/aromatic N) is 1. The predicted octanol–water partition coefficient (Wildman–Crippen LogP) is 4.85. The fourth-order valence-electron chi connectivity index (χ4n) is 2.71. The van der Waals surface area contributed by atoms with Gasteiger partial charge in [0.05, 0.1) is 18.2 Å². The molecule has 1 N–H and O–H groups in total. The first kappa shape index (κ1) is 19.9. The molecule has 0 saturated heterocycles. The van der Waals surface area contributed by atoms with E-state index in [0.717, 1.165) is 0 Å². The fourth-order valence-corrected chi connectivity index (χ4v) is 2.71. The van der Waals surface area contributed by atoms with Gasteiger partial charge in [0.15, 0.2) is 11.5 Å². The van der Waals surface area contributed by atoms with Crippen LogP contribution in [0.4, 0.5) is 10.1 Å². The second-order valence-corrected chi connectivity index (χ2v) is 6.11. The van der Waals surface area contributed by atoms with Gasteiger partial charge in [-0.2, -0.15) is 5.26 Å². The first-order valence-corrected chi connectivity index (χ1v) is 9.05. The van der Waals surface area contributed by atoms with Gasteiger partial charge in [-0.3, -0.25) is 4.79 Å². The molecule has 0 aliphatic heterocycles. The Morgan fingerprint density at radius 1 is 1.07 bits per heavy atom. The monoisotopic (exact) mass is 390 g/mol. The molecule has 0 aromatic heterocycles. The van der Waals surface area contributed by atoms with Crippen molar-refractivity contribution in [1.29, 1.82) is 5.26 Å². The van der Waals surface area contributed by atoms with E-state index in [9.17, 15) is 9.18 Å². The minimum absolute atomic E-state index is 0.342. The topological polar surface area (TPSA) is 71.3 Å². The highest BCUT2D eigenvalue weighted by molar-refractivity contribution is 5.95. The molecule has 1 amide bonds. The molecular formula is C23H19FN2O3. The molecule has 0 saturated carbocycles. The molecule has 0 heterocycles. The number of amides is 1. The number of ether oxygens (including phenoxy) is 2. The van der Waals surface area contributed by atoms with E-state index in [0.29, 0.717) is 34.9 Å². The molecule has 3 aromatic carbocycles. The SMILES string of the molecule is CCOc1cc(C#N)ccc1OC(C(=O)Nc1ccc(F)cc1)c1ccccc1. The molecule has 3 aromatic rings. The first-order chi connectivity index (χ1) is 14.1. The summed E-state index contributed by atoms with van der Waals surface area (Å²) in [5, 5.41) is 11.9. The Labute approximate surface area is 168 Å². The summed E-state index contributed by atoms with van der Waals surface area (Å²) in [4.78, 5) is 13.0. The second-order valence-electron chi connectivity index (χ2n) is 6.11. The highest BCUT2D eigenvalue weighted by Crippen LogP contribution is 2.33. The van der Waals surface area contributed by atoms with Crippen molar-refractivity contribution in [2.45, 2.75) is 13.0 Å². The average Bonchev–Trinajstić information content (AvgIpc) is 2.75. The smallest absolute Gasteiger partial charge is 0.270 e. The molecule has 1 unspecified atom stereocenters. The molecule has 3 rings (SSSR count). The van der Waals surface area contributed by atoms with Crippen LogP contribution in [0.2, 0.25) is 0 Å². The number of hydrogen-bond donors (Lipinski definition) is 1. The molecule has 0 bridgehead atoms. The van der Waals surface area contributed by atoms with Crippen LogP contribution in [0, 0.1) is 17.1 Å². The van der Waals surface area contributed by atoms with Crippen molar-refractivity contribution < 1.29 is 18.7 Å². The van der Waals surface area contributed by atoms with Crippen LogP contribution in [0.5, 0.6) is 11.5 Å². The van der Waals surface area contributed by atoms with Gasteiger partial charge in [0.25, 0.3) is 5.91 Å². The summed E-state index contributed by atoms with van der Waals surface area (Å²) in [7, 11) is 0. The van der Waals surface area contributed by atoms with Crippen LogP contribution in [0.1, 0.15) is 24.2 Å². The molecule has 0 fully saturated rings. The molecule has 0 radical (unpaired) electrons. The summed E-state index contributed by atoms with van der Waals surface area (Å²) in [6.07, 6.45) is -0.978. The zero-order valence-corrected chi connectivity index (χ0v) is 15.8. The van der Waals surface area contributed by atoms with Gasteiger partial charge < -0.3 is 14.8 Å². The highest BCUT2D eigenvalue weighted by atomic mass is 19.1. The third kappa shape index (κ3) is 5.11. The molecule has 0 spiro atoms. The molecular weight excluding hydrogens is 371 g/mol. The van der Waals surface area contributed by atoms with Crippen LogP contribution in [0.3, 0.4) is 0 Å². The van der Waals surface area contributed by atoms with E-state index in [1.54, 1.807) is 42.5 Å². The Morgan fingerprint density at radius 2 is 1.79 bits per heavy atom. The number of hydrogen-bond acceptors (Lipinski definition) is 4. The van der Waals surface area contributed by atoms with E-state index < -0.39 is 17.8 Å².